The summed E-state index contributed by atoms with van der Waals surface area (Å²) in [5, 5.41) is 13.7. The summed E-state index contributed by atoms with van der Waals surface area (Å²) in [5.41, 5.74) is 6.83. The lowest BCUT2D eigenvalue weighted by Gasteiger charge is -2.06. The molecule has 6 heteroatoms. The first-order valence-corrected chi connectivity index (χ1v) is 5.99. The molecule has 1 aromatic heterocycles. The lowest BCUT2D eigenvalue weighted by atomic mass is 10.2. The Balaban J connectivity index is 1.89. The van der Waals surface area contributed by atoms with Gasteiger partial charge in [0.15, 0.2) is 0 Å². The standard InChI is InChI=1S/C12H16N4O2/c13-12-10(16(17)18)5-6-11(15-12)14-8-7-9-3-1-2-4-9/h3,5-6H,1-2,4,7-8H2,(H3,13,14,15). The van der Waals surface area contributed by atoms with Crippen molar-refractivity contribution in [3.05, 3.63) is 33.9 Å². The van der Waals surface area contributed by atoms with Crippen LogP contribution in [0.4, 0.5) is 17.3 Å². The van der Waals surface area contributed by atoms with Gasteiger partial charge in [-0.3, -0.25) is 10.1 Å². The van der Waals surface area contributed by atoms with E-state index in [1.54, 1.807) is 6.07 Å². The summed E-state index contributed by atoms with van der Waals surface area (Å²) in [6, 6.07) is 2.96. The highest BCUT2D eigenvalue weighted by Crippen LogP contribution is 2.22. The zero-order valence-corrected chi connectivity index (χ0v) is 10.1. The van der Waals surface area contributed by atoms with Crippen molar-refractivity contribution in [3.63, 3.8) is 0 Å². The van der Waals surface area contributed by atoms with E-state index in [9.17, 15) is 10.1 Å². The van der Waals surface area contributed by atoms with Crippen molar-refractivity contribution >= 4 is 17.3 Å². The first-order chi connectivity index (χ1) is 8.66. The monoisotopic (exact) mass is 248 g/mol. The molecule has 96 valence electrons. The van der Waals surface area contributed by atoms with Crippen molar-refractivity contribution < 1.29 is 4.92 Å². The molecule has 0 aliphatic heterocycles. The lowest BCUT2D eigenvalue weighted by Crippen LogP contribution is -2.06. The molecular weight excluding hydrogens is 232 g/mol. The topological polar surface area (TPSA) is 94.1 Å². The van der Waals surface area contributed by atoms with E-state index in [1.807, 2.05) is 0 Å². The van der Waals surface area contributed by atoms with Crippen molar-refractivity contribution in [1.82, 2.24) is 4.98 Å². The molecule has 0 aromatic carbocycles. The number of nitrogens with two attached hydrogens (primary N) is 1. The number of rotatable bonds is 5. The van der Waals surface area contributed by atoms with Gasteiger partial charge in [0.1, 0.15) is 5.82 Å². The van der Waals surface area contributed by atoms with Crippen molar-refractivity contribution in [1.29, 1.82) is 0 Å². The fourth-order valence-corrected chi connectivity index (χ4v) is 2.04. The number of hydrogen-bond donors (Lipinski definition) is 2. The van der Waals surface area contributed by atoms with Crippen LogP contribution >= 0.6 is 0 Å². The van der Waals surface area contributed by atoms with Crippen LogP contribution in [0.2, 0.25) is 0 Å². The maximum Gasteiger partial charge on any atom is 0.311 e. The highest BCUT2D eigenvalue weighted by molar-refractivity contribution is 5.57. The summed E-state index contributed by atoms with van der Waals surface area (Å²) >= 11 is 0. The van der Waals surface area contributed by atoms with E-state index < -0.39 is 4.92 Å². The molecule has 0 fully saturated rings. The van der Waals surface area contributed by atoms with E-state index in [2.05, 4.69) is 16.4 Å². The zero-order chi connectivity index (χ0) is 13.0. The second-order valence-corrected chi connectivity index (χ2v) is 4.29. The minimum absolute atomic E-state index is 0.0509. The molecule has 0 saturated heterocycles. The van der Waals surface area contributed by atoms with Gasteiger partial charge < -0.3 is 11.1 Å². The number of anilines is 2. The molecule has 0 bridgehead atoms. The van der Waals surface area contributed by atoms with Gasteiger partial charge in [-0.1, -0.05) is 11.6 Å². The van der Waals surface area contributed by atoms with Crippen LogP contribution in [0.15, 0.2) is 23.8 Å². The summed E-state index contributed by atoms with van der Waals surface area (Å²) in [4.78, 5) is 14.0. The van der Waals surface area contributed by atoms with Gasteiger partial charge in [0.05, 0.1) is 4.92 Å². The Morgan fingerprint density at radius 1 is 1.50 bits per heavy atom. The Hall–Kier alpha value is -2.11. The fraction of sp³-hybridized carbons (Fsp3) is 0.417. The Labute approximate surface area is 105 Å². The quantitative estimate of drug-likeness (QED) is 0.474. The molecule has 1 aliphatic rings. The lowest BCUT2D eigenvalue weighted by molar-refractivity contribution is -0.384. The van der Waals surface area contributed by atoms with Crippen molar-refractivity contribution in [2.75, 3.05) is 17.6 Å². The third-order valence-electron chi connectivity index (χ3n) is 2.99. The smallest absolute Gasteiger partial charge is 0.311 e. The maximum atomic E-state index is 10.6. The van der Waals surface area contributed by atoms with E-state index in [-0.39, 0.29) is 11.5 Å². The summed E-state index contributed by atoms with van der Waals surface area (Å²) in [5.74, 6) is 0.529. The zero-order valence-electron chi connectivity index (χ0n) is 10.1. The predicted molar refractivity (Wildman–Crippen MR) is 70.3 cm³/mol. The molecule has 0 radical (unpaired) electrons. The SMILES string of the molecule is Nc1nc(NCCC2=CCCC2)ccc1[N+](=O)[O-]. The molecule has 6 nitrogen and oxygen atoms in total. The number of hydrogen-bond acceptors (Lipinski definition) is 5. The molecule has 1 heterocycles. The van der Waals surface area contributed by atoms with Gasteiger partial charge in [-0.25, -0.2) is 4.98 Å². The summed E-state index contributed by atoms with van der Waals surface area (Å²) in [6.45, 7) is 0.774. The van der Waals surface area contributed by atoms with E-state index in [1.165, 1.54) is 30.9 Å². The first-order valence-electron chi connectivity index (χ1n) is 5.99. The second-order valence-electron chi connectivity index (χ2n) is 4.29. The first kappa shape index (κ1) is 12.3. The van der Waals surface area contributed by atoms with Crippen LogP contribution in [-0.2, 0) is 0 Å². The third-order valence-corrected chi connectivity index (χ3v) is 2.99. The van der Waals surface area contributed by atoms with Crippen LogP contribution in [0.1, 0.15) is 25.7 Å². The van der Waals surface area contributed by atoms with E-state index in [0.717, 1.165) is 13.0 Å². The van der Waals surface area contributed by atoms with E-state index >= 15 is 0 Å². The van der Waals surface area contributed by atoms with Crippen LogP contribution in [0.5, 0.6) is 0 Å². The third kappa shape index (κ3) is 2.97. The van der Waals surface area contributed by atoms with Crippen LogP contribution in [-0.4, -0.2) is 16.5 Å². The van der Waals surface area contributed by atoms with Crippen LogP contribution in [0.3, 0.4) is 0 Å². The summed E-state index contributed by atoms with van der Waals surface area (Å²) in [7, 11) is 0. The predicted octanol–water partition coefficient (Wildman–Crippen LogP) is 2.48. The molecule has 0 atom stereocenters. The number of aromatic nitrogens is 1. The van der Waals surface area contributed by atoms with Gasteiger partial charge in [0, 0.05) is 12.6 Å². The van der Waals surface area contributed by atoms with Crippen molar-refractivity contribution in [2.24, 2.45) is 0 Å². The average Bonchev–Trinajstić information content (AvgIpc) is 2.81. The molecule has 2 rings (SSSR count). The molecular formula is C12H16N4O2. The maximum absolute atomic E-state index is 10.6. The number of allylic oxidation sites excluding steroid dienone is 1. The van der Waals surface area contributed by atoms with Crippen molar-refractivity contribution in [2.45, 2.75) is 25.7 Å². The number of nitrogen functional groups attached to an aromatic ring is 1. The molecule has 18 heavy (non-hydrogen) atoms. The number of nitrogens with zero attached hydrogens (tertiary/aromatic N) is 2. The number of nitrogens with one attached hydrogen (secondary N) is 1. The molecule has 1 aliphatic carbocycles. The molecule has 0 amide bonds. The van der Waals surface area contributed by atoms with E-state index in [0.29, 0.717) is 5.82 Å². The van der Waals surface area contributed by atoms with Gasteiger partial charge in [-0.05, 0) is 31.7 Å². The highest BCUT2D eigenvalue weighted by atomic mass is 16.6. The van der Waals surface area contributed by atoms with Gasteiger partial charge in [-0.15, -0.1) is 0 Å². The minimum Gasteiger partial charge on any atom is -0.378 e. The molecule has 1 aromatic rings. The molecule has 0 unspecified atom stereocenters. The van der Waals surface area contributed by atoms with Gasteiger partial charge in [0.25, 0.3) is 0 Å². The number of pyridine rings is 1. The fourth-order valence-electron chi connectivity index (χ4n) is 2.04. The largest absolute Gasteiger partial charge is 0.378 e. The Bertz CT molecular complexity index is 485. The average molecular weight is 248 g/mol. The molecule has 0 spiro atoms. The Morgan fingerprint density at radius 3 is 2.94 bits per heavy atom. The highest BCUT2D eigenvalue weighted by Gasteiger charge is 2.12. The number of nitro groups is 1. The summed E-state index contributed by atoms with van der Waals surface area (Å²) < 4.78 is 0. The Morgan fingerprint density at radius 2 is 2.33 bits per heavy atom. The van der Waals surface area contributed by atoms with Crippen LogP contribution in [0, 0.1) is 10.1 Å². The van der Waals surface area contributed by atoms with Gasteiger partial charge >= 0.3 is 5.69 Å². The molecule has 0 saturated carbocycles. The minimum atomic E-state index is -0.532. The normalized spacial score (nSPS) is 14.3. The Kier molecular flexibility index (Phi) is 3.76. The molecule has 3 N–H and O–H groups in total. The van der Waals surface area contributed by atoms with Crippen LogP contribution < -0.4 is 11.1 Å². The van der Waals surface area contributed by atoms with Gasteiger partial charge in [0.2, 0.25) is 5.82 Å². The summed E-state index contributed by atoms with van der Waals surface area (Å²) in [6.07, 6.45) is 6.87. The van der Waals surface area contributed by atoms with E-state index in [4.69, 9.17) is 5.73 Å². The van der Waals surface area contributed by atoms with Crippen molar-refractivity contribution in [3.8, 4) is 0 Å². The van der Waals surface area contributed by atoms with Gasteiger partial charge in [-0.2, -0.15) is 0 Å². The van der Waals surface area contributed by atoms with Crippen LogP contribution in [0.25, 0.3) is 0 Å². The second kappa shape index (κ2) is 5.48.